The highest BCUT2D eigenvalue weighted by Crippen LogP contribution is 2.26. The number of anilines is 1. The maximum Gasteiger partial charge on any atom is 0.311 e. The summed E-state index contributed by atoms with van der Waals surface area (Å²) >= 11 is 0. The minimum atomic E-state index is -3.09. The van der Waals surface area contributed by atoms with Crippen LogP contribution in [0.4, 0.5) is 5.69 Å². The molecule has 2 aliphatic rings. The molecule has 9 heteroatoms. The van der Waals surface area contributed by atoms with Gasteiger partial charge in [-0.15, -0.1) is 0 Å². The van der Waals surface area contributed by atoms with Crippen LogP contribution in [0.15, 0.2) is 24.3 Å². The highest BCUT2D eigenvalue weighted by atomic mass is 32.2. The zero-order valence-electron chi connectivity index (χ0n) is 15.0. The average Bonchev–Trinajstić information content (AvgIpc) is 3.15. The molecule has 0 bridgehead atoms. The van der Waals surface area contributed by atoms with Crippen molar-refractivity contribution in [3.8, 4) is 0 Å². The molecule has 0 aromatic heterocycles. The predicted octanol–water partition coefficient (Wildman–Crippen LogP) is 0.194. The predicted molar refractivity (Wildman–Crippen MR) is 97.8 cm³/mol. The van der Waals surface area contributed by atoms with E-state index in [9.17, 15) is 22.8 Å². The molecular weight excluding hydrogens is 372 g/mol. The van der Waals surface area contributed by atoms with Gasteiger partial charge in [0, 0.05) is 24.7 Å². The van der Waals surface area contributed by atoms with Crippen molar-refractivity contribution >= 4 is 33.3 Å². The Balaban J connectivity index is 1.48. The summed E-state index contributed by atoms with van der Waals surface area (Å²) in [5.41, 5.74) is 1.79. The Labute approximate surface area is 157 Å². The van der Waals surface area contributed by atoms with Gasteiger partial charge in [0.2, 0.25) is 5.91 Å². The second-order valence-electron chi connectivity index (χ2n) is 7.02. The molecular formula is C18H22N2O6S. The average molecular weight is 394 g/mol. The van der Waals surface area contributed by atoms with Gasteiger partial charge in [-0.05, 0) is 25.5 Å². The van der Waals surface area contributed by atoms with E-state index in [1.54, 1.807) is 0 Å². The number of esters is 1. The molecule has 1 N–H and O–H groups in total. The smallest absolute Gasteiger partial charge is 0.311 e. The molecule has 2 fully saturated rings. The van der Waals surface area contributed by atoms with E-state index in [4.69, 9.17) is 4.74 Å². The van der Waals surface area contributed by atoms with Crippen molar-refractivity contribution in [2.24, 2.45) is 5.92 Å². The Hall–Kier alpha value is -2.42. The third kappa shape index (κ3) is 4.85. The van der Waals surface area contributed by atoms with Crippen molar-refractivity contribution in [1.82, 2.24) is 5.32 Å². The zero-order valence-corrected chi connectivity index (χ0v) is 15.8. The van der Waals surface area contributed by atoms with Crippen molar-refractivity contribution in [2.45, 2.75) is 25.8 Å². The van der Waals surface area contributed by atoms with Crippen LogP contribution in [0.1, 0.15) is 18.4 Å². The maximum absolute atomic E-state index is 12.2. The first-order valence-electron chi connectivity index (χ1n) is 8.77. The van der Waals surface area contributed by atoms with Crippen LogP contribution in [-0.2, 0) is 29.0 Å². The maximum atomic E-state index is 12.2. The first-order chi connectivity index (χ1) is 12.7. The van der Waals surface area contributed by atoms with Gasteiger partial charge in [-0.1, -0.05) is 17.7 Å². The summed E-state index contributed by atoms with van der Waals surface area (Å²) in [6.07, 6.45) is 0.403. The Morgan fingerprint density at radius 3 is 2.59 bits per heavy atom. The van der Waals surface area contributed by atoms with Gasteiger partial charge in [0.25, 0.3) is 5.91 Å². The van der Waals surface area contributed by atoms with Crippen LogP contribution in [-0.4, -0.2) is 56.9 Å². The number of hydrogen-bond acceptors (Lipinski definition) is 6. The number of ether oxygens (including phenoxy) is 1. The SMILES string of the molecule is Cc1ccc(N2C[C@H](C(=O)OCC(=O)N[C@@H]3CCS(=O)(=O)C3)CC2=O)cc1. The second kappa shape index (κ2) is 7.67. The summed E-state index contributed by atoms with van der Waals surface area (Å²) in [5.74, 6) is -1.97. The molecule has 1 aromatic carbocycles. The van der Waals surface area contributed by atoms with E-state index in [0.29, 0.717) is 6.42 Å². The first kappa shape index (κ1) is 19.3. The molecule has 0 spiro atoms. The van der Waals surface area contributed by atoms with E-state index in [0.717, 1.165) is 11.3 Å². The molecule has 1 aromatic rings. The number of nitrogens with zero attached hydrogens (tertiary/aromatic N) is 1. The molecule has 146 valence electrons. The van der Waals surface area contributed by atoms with E-state index < -0.39 is 40.3 Å². The summed E-state index contributed by atoms with van der Waals surface area (Å²) in [7, 11) is -3.09. The quantitative estimate of drug-likeness (QED) is 0.714. The molecule has 2 saturated heterocycles. The molecule has 3 rings (SSSR count). The summed E-state index contributed by atoms with van der Waals surface area (Å²) in [5, 5.41) is 2.56. The highest BCUT2D eigenvalue weighted by molar-refractivity contribution is 7.91. The van der Waals surface area contributed by atoms with Crippen molar-refractivity contribution in [3.05, 3.63) is 29.8 Å². The molecule has 8 nitrogen and oxygen atoms in total. The molecule has 2 heterocycles. The van der Waals surface area contributed by atoms with Gasteiger partial charge in [0.15, 0.2) is 16.4 Å². The number of sulfone groups is 1. The molecule has 0 aliphatic carbocycles. The van der Waals surface area contributed by atoms with Crippen LogP contribution in [0.25, 0.3) is 0 Å². The molecule has 2 aliphatic heterocycles. The van der Waals surface area contributed by atoms with Crippen molar-refractivity contribution in [3.63, 3.8) is 0 Å². The van der Waals surface area contributed by atoms with Crippen LogP contribution >= 0.6 is 0 Å². The number of hydrogen-bond donors (Lipinski definition) is 1. The Morgan fingerprint density at radius 2 is 1.96 bits per heavy atom. The zero-order chi connectivity index (χ0) is 19.6. The van der Waals surface area contributed by atoms with Crippen molar-refractivity contribution in [2.75, 3.05) is 29.6 Å². The number of amides is 2. The van der Waals surface area contributed by atoms with E-state index in [2.05, 4.69) is 5.32 Å². The van der Waals surface area contributed by atoms with Gasteiger partial charge in [0.1, 0.15) is 0 Å². The Morgan fingerprint density at radius 1 is 1.26 bits per heavy atom. The number of carbonyl (C=O) groups excluding carboxylic acids is 3. The monoisotopic (exact) mass is 394 g/mol. The number of nitrogens with one attached hydrogen (secondary N) is 1. The summed E-state index contributed by atoms with van der Waals surface area (Å²) < 4.78 is 27.8. The fourth-order valence-electron chi connectivity index (χ4n) is 3.27. The van der Waals surface area contributed by atoms with E-state index in [1.165, 1.54) is 4.90 Å². The molecule has 0 unspecified atom stereocenters. The van der Waals surface area contributed by atoms with E-state index in [1.807, 2.05) is 31.2 Å². The van der Waals surface area contributed by atoms with Gasteiger partial charge in [0.05, 0.1) is 17.4 Å². The minimum absolute atomic E-state index is 0.0369. The lowest BCUT2D eigenvalue weighted by Crippen LogP contribution is -2.38. The highest BCUT2D eigenvalue weighted by Gasteiger charge is 2.36. The third-order valence-electron chi connectivity index (χ3n) is 4.75. The van der Waals surface area contributed by atoms with Gasteiger partial charge in [-0.25, -0.2) is 8.42 Å². The Kier molecular flexibility index (Phi) is 5.50. The summed E-state index contributed by atoms with van der Waals surface area (Å²) in [4.78, 5) is 37.8. The van der Waals surface area contributed by atoms with Crippen LogP contribution in [0.2, 0.25) is 0 Å². The second-order valence-corrected chi connectivity index (χ2v) is 9.24. The third-order valence-corrected chi connectivity index (χ3v) is 6.52. The normalized spacial score (nSPS) is 24.0. The fourth-order valence-corrected chi connectivity index (χ4v) is 4.95. The summed E-state index contributed by atoms with van der Waals surface area (Å²) in [6, 6.07) is 6.99. The van der Waals surface area contributed by atoms with E-state index >= 15 is 0 Å². The lowest BCUT2D eigenvalue weighted by atomic mass is 10.1. The van der Waals surface area contributed by atoms with Crippen molar-refractivity contribution < 1.29 is 27.5 Å². The molecule has 27 heavy (non-hydrogen) atoms. The standard InChI is InChI=1S/C18H22N2O6S/c1-12-2-4-15(5-3-12)20-9-13(8-17(20)22)18(23)26-10-16(21)19-14-6-7-27(24,25)11-14/h2-5,13-14H,6-11H2,1H3,(H,19,21)/t13-,14-/m1/s1. The van der Waals surface area contributed by atoms with Crippen LogP contribution < -0.4 is 10.2 Å². The van der Waals surface area contributed by atoms with Gasteiger partial charge < -0.3 is 15.0 Å². The Bertz CT molecular complexity index is 849. The molecule has 2 atom stereocenters. The topological polar surface area (TPSA) is 110 Å². The number of rotatable bonds is 5. The number of benzene rings is 1. The lowest BCUT2D eigenvalue weighted by Gasteiger charge is -2.17. The van der Waals surface area contributed by atoms with E-state index in [-0.39, 0.29) is 30.4 Å². The molecule has 0 saturated carbocycles. The molecule has 2 amide bonds. The first-order valence-corrected chi connectivity index (χ1v) is 10.6. The van der Waals surface area contributed by atoms with Gasteiger partial charge in [-0.2, -0.15) is 0 Å². The lowest BCUT2D eigenvalue weighted by molar-refractivity contribution is -0.152. The van der Waals surface area contributed by atoms with Crippen LogP contribution in [0, 0.1) is 12.8 Å². The van der Waals surface area contributed by atoms with Gasteiger partial charge in [-0.3, -0.25) is 14.4 Å². The number of aryl methyl sites for hydroxylation is 1. The van der Waals surface area contributed by atoms with Gasteiger partial charge >= 0.3 is 5.97 Å². The number of carbonyl (C=O) groups is 3. The largest absolute Gasteiger partial charge is 0.455 e. The summed E-state index contributed by atoms with van der Waals surface area (Å²) in [6.45, 7) is 1.68. The minimum Gasteiger partial charge on any atom is -0.455 e. The van der Waals surface area contributed by atoms with Crippen LogP contribution in [0.3, 0.4) is 0 Å². The molecule has 0 radical (unpaired) electrons. The fraction of sp³-hybridized carbons (Fsp3) is 0.500. The van der Waals surface area contributed by atoms with Crippen LogP contribution in [0.5, 0.6) is 0 Å². The van der Waals surface area contributed by atoms with Crippen molar-refractivity contribution in [1.29, 1.82) is 0 Å².